The molecule has 1 fully saturated rings. The highest BCUT2D eigenvalue weighted by Gasteiger charge is 2.30. The minimum absolute atomic E-state index is 0.0472. The monoisotopic (exact) mass is 211 g/mol. The van der Waals surface area contributed by atoms with Crippen LogP contribution in [0.5, 0.6) is 0 Å². The Balaban J connectivity index is 2.10. The Morgan fingerprint density at radius 3 is 2.80 bits per heavy atom. The van der Waals surface area contributed by atoms with Gasteiger partial charge in [0.15, 0.2) is 0 Å². The Labute approximate surface area is 91.6 Å². The fourth-order valence-electron chi connectivity index (χ4n) is 1.98. The number of carbonyl (C=O) groups is 2. The summed E-state index contributed by atoms with van der Waals surface area (Å²) in [4.78, 5) is 22.8. The van der Waals surface area contributed by atoms with E-state index in [9.17, 15) is 9.59 Å². The lowest BCUT2D eigenvalue weighted by Crippen LogP contribution is -2.33. The minimum Gasteiger partial charge on any atom is -0.355 e. The molecule has 0 spiro atoms. The van der Waals surface area contributed by atoms with Crippen LogP contribution in [0.25, 0.3) is 0 Å². The highest BCUT2D eigenvalue weighted by atomic mass is 16.2. The van der Waals surface area contributed by atoms with Crippen LogP contribution in [0.1, 0.15) is 51.9 Å². The SMILES string of the molecule is CCCCCCNC(=O)[C@H]1CCCC1=O. The molecular weight excluding hydrogens is 190 g/mol. The van der Waals surface area contributed by atoms with E-state index in [1.54, 1.807) is 0 Å². The summed E-state index contributed by atoms with van der Waals surface area (Å²) in [6.07, 6.45) is 6.84. The first-order valence-corrected chi connectivity index (χ1v) is 6.06. The van der Waals surface area contributed by atoms with Crippen molar-refractivity contribution in [3.63, 3.8) is 0 Å². The van der Waals surface area contributed by atoms with Crippen LogP contribution in [-0.4, -0.2) is 18.2 Å². The molecule has 0 aromatic carbocycles. The second-order valence-electron chi connectivity index (χ2n) is 4.26. The molecule has 3 heteroatoms. The van der Waals surface area contributed by atoms with Gasteiger partial charge in [-0.2, -0.15) is 0 Å². The quantitative estimate of drug-likeness (QED) is 0.540. The average molecular weight is 211 g/mol. The van der Waals surface area contributed by atoms with E-state index in [4.69, 9.17) is 0 Å². The van der Waals surface area contributed by atoms with Gasteiger partial charge >= 0.3 is 0 Å². The van der Waals surface area contributed by atoms with Crippen molar-refractivity contribution in [3.8, 4) is 0 Å². The van der Waals surface area contributed by atoms with Crippen LogP contribution in [0, 0.1) is 5.92 Å². The van der Waals surface area contributed by atoms with Gasteiger partial charge in [0.05, 0.1) is 5.92 Å². The summed E-state index contributed by atoms with van der Waals surface area (Å²) in [5.41, 5.74) is 0. The van der Waals surface area contributed by atoms with Crippen molar-refractivity contribution in [2.24, 2.45) is 5.92 Å². The molecule has 1 aliphatic rings. The van der Waals surface area contributed by atoms with Gasteiger partial charge in [0.1, 0.15) is 5.78 Å². The standard InChI is InChI=1S/C12H21NO2/c1-2-3-4-5-9-13-12(15)10-7-6-8-11(10)14/h10H,2-9H2,1H3,(H,13,15)/t10-/m0/s1. The summed E-state index contributed by atoms with van der Waals surface area (Å²) in [6, 6.07) is 0. The minimum atomic E-state index is -0.337. The zero-order chi connectivity index (χ0) is 11.1. The molecular formula is C12H21NO2. The van der Waals surface area contributed by atoms with Crippen LogP contribution in [0.3, 0.4) is 0 Å². The second-order valence-corrected chi connectivity index (χ2v) is 4.26. The lowest BCUT2D eigenvalue weighted by atomic mass is 10.1. The second kappa shape index (κ2) is 6.59. The van der Waals surface area contributed by atoms with Crippen LogP contribution < -0.4 is 5.32 Å². The summed E-state index contributed by atoms with van der Waals surface area (Å²) in [5.74, 6) is -0.258. The van der Waals surface area contributed by atoms with E-state index in [0.717, 1.165) is 32.2 Å². The van der Waals surface area contributed by atoms with Gasteiger partial charge in [0, 0.05) is 13.0 Å². The van der Waals surface area contributed by atoms with Gasteiger partial charge < -0.3 is 5.32 Å². The maximum absolute atomic E-state index is 11.6. The molecule has 0 aromatic rings. The van der Waals surface area contributed by atoms with E-state index >= 15 is 0 Å². The Bertz CT molecular complexity index is 226. The third kappa shape index (κ3) is 4.02. The predicted octanol–water partition coefficient (Wildman–Crippen LogP) is 2.05. The zero-order valence-electron chi connectivity index (χ0n) is 9.55. The lowest BCUT2D eigenvalue weighted by molar-refractivity contribution is -0.132. The molecule has 1 saturated carbocycles. The number of rotatable bonds is 6. The molecule has 0 radical (unpaired) electrons. The number of carbonyl (C=O) groups excluding carboxylic acids is 2. The fraction of sp³-hybridized carbons (Fsp3) is 0.833. The van der Waals surface area contributed by atoms with E-state index < -0.39 is 0 Å². The van der Waals surface area contributed by atoms with Gasteiger partial charge in [-0.3, -0.25) is 9.59 Å². The highest BCUT2D eigenvalue weighted by Crippen LogP contribution is 2.21. The summed E-state index contributed by atoms with van der Waals surface area (Å²) in [5, 5.41) is 2.85. The molecule has 0 saturated heterocycles. The number of hydrogen-bond acceptors (Lipinski definition) is 2. The van der Waals surface area contributed by atoms with E-state index in [-0.39, 0.29) is 17.6 Å². The average Bonchev–Trinajstić information content (AvgIpc) is 2.64. The fourth-order valence-corrected chi connectivity index (χ4v) is 1.98. The molecule has 3 nitrogen and oxygen atoms in total. The third-order valence-electron chi connectivity index (χ3n) is 2.95. The molecule has 1 rings (SSSR count). The molecule has 1 N–H and O–H groups in total. The van der Waals surface area contributed by atoms with E-state index in [2.05, 4.69) is 12.2 Å². The van der Waals surface area contributed by atoms with Crippen molar-refractivity contribution >= 4 is 11.7 Å². The van der Waals surface area contributed by atoms with Gasteiger partial charge in [0.2, 0.25) is 5.91 Å². The van der Waals surface area contributed by atoms with Crippen molar-refractivity contribution in [2.75, 3.05) is 6.54 Å². The van der Waals surface area contributed by atoms with Crippen LogP contribution in [0.15, 0.2) is 0 Å². The van der Waals surface area contributed by atoms with E-state index in [1.807, 2.05) is 0 Å². The van der Waals surface area contributed by atoms with Gasteiger partial charge in [-0.25, -0.2) is 0 Å². The predicted molar refractivity (Wildman–Crippen MR) is 59.5 cm³/mol. The molecule has 1 atom stereocenters. The molecule has 0 unspecified atom stereocenters. The molecule has 0 bridgehead atoms. The number of amides is 1. The largest absolute Gasteiger partial charge is 0.355 e. The van der Waals surface area contributed by atoms with Gasteiger partial charge in [-0.1, -0.05) is 26.2 Å². The number of ketones is 1. The summed E-state index contributed by atoms with van der Waals surface area (Å²) in [6.45, 7) is 2.89. The molecule has 0 aliphatic heterocycles. The first-order valence-electron chi connectivity index (χ1n) is 6.06. The van der Waals surface area contributed by atoms with Gasteiger partial charge in [-0.15, -0.1) is 0 Å². The maximum Gasteiger partial charge on any atom is 0.230 e. The lowest BCUT2D eigenvalue weighted by Gasteiger charge is -2.08. The summed E-state index contributed by atoms with van der Waals surface area (Å²) >= 11 is 0. The molecule has 1 amide bonds. The number of unbranched alkanes of at least 4 members (excludes halogenated alkanes) is 3. The topological polar surface area (TPSA) is 46.2 Å². The van der Waals surface area contributed by atoms with Crippen molar-refractivity contribution < 1.29 is 9.59 Å². The molecule has 1 aliphatic carbocycles. The first-order chi connectivity index (χ1) is 7.25. The van der Waals surface area contributed by atoms with Crippen molar-refractivity contribution in [1.29, 1.82) is 0 Å². The van der Waals surface area contributed by atoms with E-state index in [0.29, 0.717) is 6.42 Å². The Morgan fingerprint density at radius 1 is 1.40 bits per heavy atom. The Morgan fingerprint density at radius 2 is 2.20 bits per heavy atom. The normalized spacial score (nSPS) is 20.6. The Hall–Kier alpha value is -0.860. The maximum atomic E-state index is 11.6. The first kappa shape index (κ1) is 12.2. The van der Waals surface area contributed by atoms with Crippen LogP contribution >= 0.6 is 0 Å². The van der Waals surface area contributed by atoms with Crippen LogP contribution in [-0.2, 0) is 9.59 Å². The summed E-state index contributed by atoms with van der Waals surface area (Å²) < 4.78 is 0. The Kier molecular flexibility index (Phi) is 5.37. The van der Waals surface area contributed by atoms with Gasteiger partial charge in [-0.05, 0) is 19.3 Å². The molecule has 15 heavy (non-hydrogen) atoms. The molecule has 0 aromatic heterocycles. The van der Waals surface area contributed by atoms with Crippen LogP contribution in [0.2, 0.25) is 0 Å². The van der Waals surface area contributed by atoms with Crippen molar-refractivity contribution in [2.45, 2.75) is 51.9 Å². The van der Waals surface area contributed by atoms with Gasteiger partial charge in [0.25, 0.3) is 0 Å². The zero-order valence-corrected chi connectivity index (χ0v) is 9.55. The van der Waals surface area contributed by atoms with Crippen molar-refractivity contribution in [1.82, 2.24) is 5.32 Å². The van der Waals surface area contributed by atoms with E-state index in [1.165, 1.54) is 12.8 Å². The van der Waals surface area contributed by atoms with Crippen molar-refractivity contribution in [3.05, 3.63) is 0 Å². The highest BCUT2D eigenvalue weighted by molar-refractivity contribution is 6.02. The number of nitrogens with one attached hydrogen (secondary N) is 1. The summed E-state index contributed by atoms with van der Waals surface area (Å²) in [7, 11) is 0. The van der Waals surface area contributed by atoms with Crippen LogP contribution in [0.4, 0.5) is 0 Å². The number of hydrogen-bond donors (Lipinski definition) is 1. The molecule has 0 heterocycles. The third-order valence-corrected chi connectivity index (χ3v) is 2.95. The molecule has 86 valence electrons. The number of Topliss-reactive ketones (excluding diaryl/α,β-unsaturated/α-hetero) is 1. The smallest absolute Gasteiger partial charge is 0.230 e.